The standard InChI is InChI=1S/C14H18N6O2/c21-14(12-9-17-19-18-12)16-10-13(11-2-1-3-15-8-11)20-4-6-22-7-5-20/h1-3,8-9,13H,4-7,10H2,(H,16,21)(H,17,18,19)/t13-/m1/s1. The summed E-state index contributed by atoms with van der Waals surface area (Å²) in [5, 5.41) is 12.8. The van der Waals surface area contributed by atoms with E-state index in [9.17, 15) is 4.79 Å². The maximum Gasteiger partial charge on any atom is 0.273 e. The number of nitrogens with zero attached hydrogens (tertiary/aromatic N) is 4. The van der Waals surface area contributed by atoms with Crippen molar-refractivity contribution in [2.24, 2.45) is 0 Å². The number of ether oxygens (including phenoxy) is 1. The molecule has 1 amide bonds. The molecule has 1 aliphatic heterocycles. The number of hydrogen-bond acceptors (Lipinski definition) is 6. The zero-order valence-electron chi connectivity index (χ0n) is 12.1. The monoisotopic (exact) mass is 302 g/mol. The third-order valence-corrected chi connectivity index (χ3v) is 3.66. The Labute approximate surface area is 127 Å². The topological polar surface area (TPSA) is 96.0 Å². The van der Waals surface area contributed by atoms with Crippen molar-refractivity contribution in [1.29, 1.82) is 0 Å². The molecule has 1 fully saturated rings. The van der Waals surface area contributed by atoms with Gasteiger partial charge in [-0.3, -0.25) is 14.7 Å². The fourth-order valence-corrected chi connectivity index (χ4v) is 2.51. The minimum absolute atomic E-state index is 0.0634. The van der Waals surface area contributed by atoms with E-state index in [0.717, 1.165) is 18.7 Å². The fourth-order valence-electron chi connectivity index (χ4n) is 2.51. The summed E-state index contributed by atoms with van der Waals surface area (Å²) in [7, 11) is 0. The number of amides is 1. The molecular formula is C14H18N6O2. The maximum absolute atomic E-state index is 12.0. The van der Waals surface area contributed by atoms with Gasteiger partial charge >= 0.3 is 0 Å². The highest BCUT2D eigenvalue weighted by molar-refractivity contribution is 5.91. The van der Waals surface area contributed by atoms with Crippen LogP contribution in [0.5, 0.6) is 0 Å². The van der Waals surface area contributed by atoms with Crippen LogP contribution >= 0.6 is 0 Å². The van der Waals surface area contributed by atoms with Gasteiger partial charge in [0.05, 0.1) is 25.5 Å². The first-order valence-corrected chi connectivity index (χ1v) is 7.20. The van der Waals surface area contributed by atoms with Gasteiger partial charge in [-0.1, -0.05) is 6.07 Å². The van der Waals surface area contributed by atoms with Crippen LogP contribution in [-0.2, 0) is 4.74 Å². The van der Waals surface area contributed by atoms with E-state index in [1.807, 2.05) is 18.3 Å². The minimum atomic E-state index is -0.240. The lowest BCUT2D eigenvalue weighted by Crippen LogP contribution is -2.43. The van der Waals surface area contributed by atoms with Crippen molar-refractivity contribution in [1.82, 2.24) is 30.6 Å². The number of pyridine rings is 1. The van der Waals surface area contributed by atoms with Gasteiger partial charge in [-0.2, -0.15) is 15.4 Å². The number of aromatic amines is 1. The lowest BCUT2D eigenvalue weighted by molar-refractivity contribution is 0.0161. The van der Waals surface area contributed by atoms with Crippen LogP contribution in [0.3, 0.4) is 0 Å². The molecule has 0 saturated carbocycles. The summed E-state index contributed by atoms with van der Waals surface area (Å²) in [6, 6.07) is 3.99. The average Bonchev–Trinajstić information content (AvgIpc) is 3.11. The summed E-state index contributed by atoms with van der Waals surface area (Å²) < 4.78 is 5.40. The minimum Gasteiger partial charge on any atom is -0.379 e. The molecule has 1 saturated heterocycles. The number of rotatable bonds is 5. The molecule has 22 heavy (non-hydrogen) atoms. The molecule has 8 heteroatoms. The largest absolute Gasteiger partial charge is 0.379 e. The van der Waals surface area contributed by atoms with Crippen LogP contribution in [0.1, 0.15) is 22.1 Å². The molecule has 0 radical (unpaired) electrons. The van der Waals surface area contributed by atoms with E-state index in [2.05, 4.69) is 30.6 Å². The molecule has 0 unspecified atom stereocenters. The maximum atomic E-state index is 12.0. The predicted octanol–water partition coefficient (Wildman–Crippen LogP) is 0.00300. The van der Waals surface area contributed by atoms with Crippen molar-refractivity contribution in [3.8, 4) is 0 Å². The summed E-state index contributed by atoms with van der Waals surface area (Å²) in [6.45, 7) is 3.55. The van der Waals surface area contributed by atoms with E-state index in [1.54, 1.807) is 6.20 Å². The normalized spacial score (nSPS) is 17.1. The Bertz CT molecular complexity index is 583. The van der Waals surface area contributed by atoms with Crippen LogP contribution in [0.4, 0.5) is 0 Å². The first-order valence-electron chi connectivity index (χ1n) is 7.20. The molecule has 2 N–H and O–H groups in total. The number of hydrogen-bond donors (Lipinski definition) is 2. The summed E-state index contributed by atoms with van der Waals surface area (Å²) >= 11 is 0. The van der Waals surface area contributed by atoms with Crippen molar-refractivity contribution < 1.29 is 9.53 Å². The smallest absolute Gasteiger partial charge is 0.273 e. The van der Waals surface area contributed by atoms with E-state index in [1.165, 1.54) is 6.20 Å². The second kappa shape index (κ2) is 7.10. The highest BCUT2D eigenvalue weighted by Crippen LogP contribution is 2.20. The second-order valence-corrected chi connectivity index (χ2v) is 5.02. The molecule has 2 aromatic rings. The quantitative estimate of drug-likeness (QED) is 0.807. The van der Waals surface area contributed by atoms with E-state index >= 15 is 0 Å². The fraction of sp³-hybridized carbons (Fsp3) is 0.429. The molecule has 116 valence electrons. The average molecular weight is 302 g/mol. The number of aromatic nitrogens is 4. The Hall–Kier alpha value is -2.32. The highest BCUT2D eigenvalue weighted by atomic mass is 16.5. The molecule has 0 spiro atoms. The Morgan fingerprint density at radius 1 is 1.41 bits per heavy atom. The Morgan fingerprint density at radius 3 is 2.95 bits per heavy atom. The van der Waals surface area contributed by atoms with Gasteiger partial charge in [0.25, 0.3) is 5.91 Å². The zero-order chi connectivity index (χ0) is 15.2. The first kappa shape index (κ1) is 14.6. The SMILES string of the molecule is O=C(NC[C@H](c1cccnc1)N1CCOCC1)c1cn[nH]n1. The van der Waals surface area contributed by atoms with Crippen molar-refractivity contribution in [2.75, 3.05) is 32.8 Å². The molecule has 3 heterocycles. The van der Waals surface area contributed by atoms with Gasteiger partial charge in [-0.15, -0.1) is 0 Å². The third-order valence-electron chi connectivity index (χ3n) is 3.66. The van der Waals surface area contributed by atoms with Crippen LogP contribution in [0, 0.1) is 0 Å². The lowest BCUT2D eigenvalue weighted by atomic mass is 10.1. The van der Waals surface area contributed by atoms with Crippen LogP contribution < -0.4 is 5.32 Å². The van der Waals surface area contributed by atoms with Crippen LogP contribution in [0.2, 0.25) is 0 Å². The summed E-state index contributed by atoms with van der Waals surface area (Å²) in [4.78, 5) is 18.5. The van der Waals surface area contributed by atoms with Crippen molar-refractivity contribution in [2.45, 2.75) is 6.04 Å². The highest BCUT2D eigenvalue weighted by Gasteiger charge is 2.23. The number of nitrogens with one attached hydrogen (secondary N) is 2. The molecule has 8 nitrogen and oxygen atoms in total. The number of morpholine rings is 1. The number of carbonyl (C=O) groups excluding carboxylic acids is 1. The zero-order valence-corrected chi connectivity index (χ0v) is 12.1. The molecular weight excluding hydrogens is 284 g/mol. The van der Waals surface area contributed by atoms with Crippen molar-refractivity contribution in [3.63, 3.8) is 0 Å². The Kier molecular flexibility index (Phi) is 4.71. The Balaban J connectivity index is 1.69. The molecule has 1 aliphatic rings. The van der Waals surface area contributed by atoms with E-state index < -0.39 is 0 Å². The van der Waals surface area contributed by atoms with Gasteiger partial charge in [0.15, 0.2) is 5.69 Å². The van der Waals surface area contributed by atoms with Gasteiger partial charge < -0.3 is 10.1 Å². The van der Waals surface area contributed by atoms with Crippen LogP contribution in [0.15, 0.2) is 30.7 Å². The third kappa shape index (κ3) is 3.46. The second-order valence-electron chi connectivity index (χ2n) is 5.02. The van der Waals surface area contributed by atoms with E-state index in [0.29, 0.717) is 19.8 Å². The van der Waals surface area contributed by atoms with Crippen molar-refractivity contribution >= 4 is 5.91 Å². The number of H-pyrrole nitrogens is 1. The molecule has 0 aliphatic carbocycles. The first-order chi connectivity index (χ1) is 10.8. The predicted molar refractivity (Wildman–Crippen MR) is 78.1 cm³/mol. The van der Waals surface area contributed by atoms with Crippen LogP contribution in [0.25, 0.3) is 0 Å². The van der Waals surface area contributed by atoms with E-state index in [4.69, 9.17) is 4.74 Å². The molecule has 1 atom stereocenters. The molecule has 0 bridgehead atoms. The van der Waals surface area contributed by atoms with Crippen molar-refractivity contribution in [3.05, 3.63) is 42.0 Å². The summed E-state index contributed by atoms with van der Waals surface area (Å²) in [6.07, 6.45) is 4.99. The molecule has 0 aromatic carbocycles. The van der Waals surface area contributed by atoms with E-state index in [-0.39, 0.29) is 17.6 Å². The molecule has 2 aromatic heterocycles. The lowest BCUT2D eigenvalue weighted by Gasteiger charge is -2.34. The Morgan fingerprint density at radius 2 is 2.27 bits per heavy atom. The van der Waals surface area contributed by atoms with Gasteiger partial charge in [-0.05, 0) is 11.6 Å². The van der Waals surface area contributed by atoms with Gasteiger partial charge in [0, 0.05) is 32.0 Å². The summed E-state index contributed by atoms with van der Waals surface area (Å²) in [5.41, 5.74) is 1.36. The van der Waals surface area contributed by atoms with Gasteiger partial charge in [0.1, 0.15) is 0 Å². The van der Waals surface area contributed by atoms with Crippen LogP contribution in [-0.4, -0.2) is 64.0 Å². The number of carbonyl (C=O) groups is 1. The molecule has 3 rings (SSSR count). The van der Waals surface area contributed by atoms with Gasteiger partial charge in [-0.25, -0.2) is 0 Å². The summed E-state index contributed by atoms with van der Waals surface area (Å²) in [5.74, 6) is -0.240. The van der Waals surface area contributed by atoms with Gasteiger partial charge in [0.2, 0.25) is 0 Å².